The molecule has 3 rings (SSSR count). The number of benzene rings is 1. The first-order chi connectivity index (χ1) is 8.11. The van der Waals surface area contributed by atoms with Crippen molar-refractivity contribution in [3.63, 3.8) is 0 Å². The molecular weight excluding hydrogens is 208 g/mol. The van der Waals surface area contributed by atoms with Gasteiger partial charge in [0.2, 0.25) is 0 Å². The van der Waals surface area contributed by atoms with Crippen LogP contribution in [0.15, 0.2) is 30.3 Å². The molecule has 0 saturated carbocycles. The molecule has 0 spiro atoms. The molecule has 0 atom stereocenters. The van der Waals surface area contributed by atoms with Crippen LogP contribution in [0.2, 0.25) is 0 Å². The van der Waals surface area contributed by atoms with Gasteiger partial charge in [-0.1, -0.05) is 32.0 Å². The predicted molar refractivity (Wildman–Crippen MR) is 73.5 cm³/mol. The minimum Gasteiger partial charge on any atom is -0.334 e. The maximum atomic E-state index is 2.34. The molecule has 0 aliphatic carbocycles. The lowest BCUT2D eigenvalue weighted by atomic mass is 10.1. The van der Waals surface area contributed by atoms with E-state index in [4.69, 9.17) is 0 Å². The molecule has 0 bridgehead atoms. The fourth-order valence-electron chi connectivity index (χ4n) is 2.88. The lowest BCUT2D eigenvalue weighted by Crippen LogP contribution is -2.01. The summed E-state index contributed by atoms with van der Waals surface area (Å²) in [6.45, 7) is 4.49. The van der Waals surface area contributed by atoms with Crippen molar-refractivity contribution in [3.05, 3.63) is 36.0 Å². The molecule has 0 radical (unpaired) electrons. The summed E-state index contributed by atoms with van der Waals surface area (Å²) in [6, 6.07) is 10.9. The molecule has 88 valence electrons. The quantitative estimate of drug-likeness (QED) is 0.597. The molecule has 17 heavy (non-hydrogen) atoms. The SMILES string of the molecule is CC(C)c1cc2c3ccccc3n(C)c2n1C. The third-order valence-corrected chi connectivity index (χ3v) is 3.70. The van der Waals surface area contributed by atoms with Gasteiger partial charge in [-0.2, -0.15) is 0 Å². The van der Waals surface area contributed by atoms with E-state index in [1.54, 1.807) is 0 Å². The van der Waals surface area contributed by atoms with Crippen LogP contribution in [0.3, 0.4) is 0 Å². The minimum atomic E-state index is 0.561. The molecule has 0 N–H and O–H groups in total. The number of aromatic nitrogens is 2. The van der Waals surface area contributed by atoms with E-state index < -0.39 is 0 Å². The van der Waals surface area contributed by atoms with Crippen LogP contribution in [0.1, 0.15) is 25.5 Å². The molecule has 2 nitrogen and oxygen atoms in total. The number of hydrogen-bond acceptors (Lipinski definition) is 0. The fourth-order valence-corrected chi connectivity index (χ4v) is 2.88. The molecule has 3 aromatic rings. The highest BCUT2D eigenvalue weighted by atomic mass is 15.1. The van der Waals surface area contributed by atoms with Crippen molar-refractivity contribution in [2.45, 2.75) is 19.8 Å². The zero-order chi connectivity index (χ0) is 12.2. The van der Waals surface area contributed by atoms with Gasteiger partial charge in [0, 0.05) is 30.6 Å². The van der Waals surface area contributed by atoms with Crippen LogP contribution >= 0.6 is 0 Å². The Bertz CT molecular complexity index is 698. The highest BCUT2D eigenvalue weighted by Crippen LogP contribution is 2.32. The Balaban J connectivity index is 2.51. The summed E-state index contributed by atoms with van der Waals surface area (Å²) in [5.41, 5.74) is 4.02. The zero-order valence-corrected chi connectivity index (χ0v) is 10.9. The molecule has 2 aromatic heterocycles. The van der Waals surface area contributed by atoms with E-state index >= 15 is 0 Å². The Morgan fingerprint density at radius 2 is 1.65 bits per heavy atom. The van der Waals surface area contributed by atoms with Crippen LogP contribution in [0.4, 0.5) is 0 Å². The Hall–Kier alpha value is -1.70. The molecule has 1 aromatic carbocycles. The summed E-state index contributed by atoms with van der Waals surface area (Å²) in [5.74, 6) is 0.561. The fraction of sp³-hybridized carbons (Fsp3) is 0.333. The van der Waals surface area contributed by atoms with Crippen molar-refractivity contribution in [1.29, 1.82) is 0 Å². The van der Waals surface area contributed by atoms with Gasteiger partial charge >= 0.3 is 0 Å². The van der Waals surface area contributed by atoms with E-state index in [9.17, 15) is 0 Å². The highest BCUT2D eigenvalue weighted by Gasteiger charge is 2.15. The van der Waals surface area contributed by atoms with E-state index in [0.29, 0.717) is 5.92 Å². The zero-order valence-electron chi connectivity index (χ0n) is 10.9. The maximum Gasteiger partial charge on any atom is 0.120 e. The maximum absolute atomic E-state index is 2.34. The summed E-state index contributed by atoms with van der Waals surface area (Å²) >= 11 is 0. The van der Waals surface area contributed by atoms with E-state index in [0.717, 1.165) is 0 Å². The second-order valence-corrected chi connectivity index (χ2v) is 5.10. The largest absolute Gasteiger partial charge is 0.334 e. The van der Waals surface area contributed by atoms with Gasteiger partial charge in [0.25, 0.3) is 0 Å². The Morgan fingerprint density at radius 1 is 0.941 bits per heavy atom. The standard InChI is InChI=1S/C15H18N2/c1-10(2)14-9-12-11-7-5-6-8-13(11)16(3)15(12)17(14)4/h5-10H,1-4H3. The van der Waals surface area contributed by atoms with Crippen molar-refractivity contribution in [2.75, 3.05) is 0 Å². The van der Waals surface area contributed by atoms with Gasteiger partial charge < -0.3 is 9.13 Å². The Morgan fingerprint density at radius 3 is 2.35 bits per heavy atom. The van der Waals surface area contributed by atoms with Gasteiger partial charge in [0.05, 0.1) is 5.52 Å². The summed E-state index contributed by atoms with van der Waals surface area (Å²) in [7, 11) is 4.31. The predicted octanol–water partition coefficient (Wildman–Crippen LogP) is 3.79. The molecule has 2 heteroatoms. The van der Waals surface area contributed by atoms with Crippen molar-refractivity contribution < 1.29 is 0 Å². The summed E-state index contributed by atoms with van der Waals surface area (Å²) in [6.07, 6.45) is 0. The normalized spacial score (nSPS) is 12.1. The molecule has 0 unspecified atom stereocenters. The topological polar surface area (TPSA) is 9.86 Å². The van der Waals surface area contributed by atoms with Crippen LogP contribution in [0, 0.1) is 0 Å². The molecule has 0 aliphatic heterocycles. The first-order valence-electron chi connectivity index (χ1n) is 6.14. The second-order valence-electron chi connectivity index (χ2n) is 5.10. The molecule has 0 saturated heterocycles. The number of fused-ring (bicyclic) bond motifs is 3. The molecule has 0 fully saturated rings. The molecule has 2 heterocycles. The average molecular weight is 226 g/mol. The monoisotopic (exact) mass is 226 g/mol. The average Bonchev–Trinajstić information content (AvgIpc) is 2.78. The molecular formula is C15H18N2. The van der Waals surface area contributed by atoms with Gasteiger partial charge in [-0.05, 0) is 18.1 Å². The van der Waals surface area contributed by atoms with Gasteiger partial charge in [-0.15, -0.1) is 0 Å². The van der Waals surface area contributed by atoms with Crippen LogP contribution < -0.4 is 0 Å². The smallest absolute Gasteiger partial charge is 0.120 e. The van der Waals surface area contributed by atoms with E-state index in [1.165, 1.54) is 27.6 Å². The first-order valence-corrected chi connectivity index (χ1v) is 6.14. The van der Waals surface area contributed by atoms with Crippen LogP contribution in [0.5, 0.6) is 0 Å². The van der Waals surface area contributed by atoms with Crippen molar-refractivity contribution >= 4 is 21.9 Å². The summed E-state index contributed by atoms with van der Waals surface area (Å²) < 4.78 is 4.61. The summed E-state index contributed by atoms with van der Waals surface area (Å²) in [4.78, 5) is 0. The first kappa shape index (κ1) is 10.5. The van der Waals surface area contributed by atoms with Gasteiger partial charge in [-0.25, -0.2) is 0 Å². The van der Waals surface area contributed by atoms with Crippen LogP contribution in [-0.4, -0.2) is 9.13 Å². The van der Waals surface area contributed by atoms with Gasteiger partial charge in [-0.3, -0.25) is 0 Å². The third-order valence-electron chi connectivity index (χ3n) is 3.70. The lowest BCUT2D eigenvalue weighted by Gasteiger charge is -2.08. The third kappa shape index (κ3) is 1.27. The molecule has 0 aliphatic rings. The molecule has 0 amide bonds. The second kappa shape index (κ2) is 3.39. The summed E-state index contributed by atoms with van der Waals surface area (Å²) in [5, 5.41) is 2.72. The Kier molecular flexibility index (Phi) is 2.09. The van der Waals surface area contributed by atoms with Crippen molar-refractivity contribution in [3.8, 4) is 0 Å². The van der Waals surface area contributed by atoms with Gasteiger partial charge in [0.1, 0.15) is 5.65 Å². The van der Waals surface area contributed by atoms with Crippen LogP contribution in [0.25, 0.3) is 21.9 Å². The van der Waals surface area contributed by atoms with Gasteiger partial charge in [0.15, 0.2) is 0 Å². The highest BCUT2D eigenvalue weighted by molar-refractivity contribution is 6.07. The van der Waals surface area contributed by atoms with E-state index in [-0.39, 0.29) is 0 Å². The van der Waals surface area contributed by atoms with E-state index in [1.807, 2.05) is 0 Å². The number of rotatable bonds is 1. The van der Waals surface area contributed by atoms with E-state index in [2.05, 4.69) is 67.4 Å². The van der Waals surface area contributed by atoms with Crippen LogP contribution in [-0.2, 0) is 14.1 Å². The number of hydrogen-bond donors (Lipinski definition) is 0. The Labute approximate surface area is 101 Å². The number of para-hydroxylation sites is 1. The number of nitrogens with zero attached hydrogens (tertiary/aromatic N) is 2. The number of aryl methyl sites for hydroxylation is 2. The van der Waals surface area contributed by atoms with Crippen molar-refractivity contribution in [1.82, 2.24) is 9.13 Å². The minimum absolute atomic E-state index is 0.561. The van der Waals surface area contributed by atoms with Crippen molar-refractivity contribution in [2.24, 2.45) is 14.1 Å². The lowest BCUT2D eigenvalue weighted by molar-refractivity contribution is 0.741.